The highest BCUT2D eigenvalue weighted by Crippen LogP contribution is 2.33. The molecule has 0 N–H and O–H groups in total. The highest BCUT2D eigenvalue weighted by molar-refractivity contribution is 5.72. The Hall–Kier alpha value is -3.15. The van der Waals surface area contributed by atoms with Crippen molar-refractivity contribution in [2.45, 2.75) is 6.61 Å². The average Bonchev–Trinajstić information content (AvgIpc) is 2.64. The van der Waals surface area contributed by atoms with Crippen LogP contribution in [0.25, 0.3) is 28.3 Å². The molecule has 0 saturated carbocycles. The molecule has 1 nitrogen and oxygen atoms in total. The normalized spacial score (nSPS) is 10.9. The molecule has 0 amide bonds. The molecular weight excluding hydrogens is 363 g/mol. The van der Waals surface area contributed by atoms with Gasteiger partial charge >= 0.3 is 6.61 Å². The number of benzene rings is 3. The molecule has 0 bridgehead atoms. The van der Waals surface area contributed by atoms with Crippen LogP contribution >= 0.6 is 0 Å². The lowest BCUT2D eigenvalue weighted by atomic mass is 9.98. The Morgan fingerprint density at radius 2 is 1.30 bits per heavy atom. The van der Waals surface area contributed by atoms with E-state index in [0.29, 0.717) is 5.56 Å². The lowest BCUT2D eigenvalue weighted by Crippen LogP contribution is -2.06. The van der Waals surface area contributed by atoms with Crippen LogP contribution in [0, 0.1) is 24.0 Å². The summed E-state index contributed by atoms with van der Waals surface area (Å²) in [5.74, 6) is -4.62. The van der Waals surface area contributed by atoms with E-state index in [4.69, 9.17) is 6.58 Å². The maximum atomic E-state index is 14.5. The van der Waals surface area contributed by atoms with Crippen molar-refractivity contribution < 1.29 is 26.7 Å². The maximum absolute atomic E-state index is 14.5. The van der Waals surface area contributed by atoms with Crippen LogP contribution in [0.5, 0.6) is 5.75 Å². The van der Waals surface area contributed by atoms with Gasteiger partial charge in [0.25, 0.3) is 0 Å². The molecule has 0 heterocycles. The lowest BCUT2D eigenvalue weighted by Gasteiger charge is -2.11. The first kappa shape index (κ1) is 18.6. The first-order valence-electron chi connectivity index (χ1n) is 7.78. The van der Waals surface area contributed by atoms with Gasteiger partial charge in [0.1, 0.15) is 5.82 Å². The van der Waals surface area contributed by atoms with Gasteiger partial charge in [0.15, 0.2) is 17.4 Å². The zero-order chi connectivity index (χ0) is 19.6. The van der Waals surface area contributed by atoms with E-state index in [-0.39, 0.29) is 11.1 Å². The summed E-state index contributed by atoms with van der Waals surface area (Å²) in [6.07, 6.45) is 1.43. The molecule has 3 aromatic carbocycles. The minimum atomic E-state index is -3.38. The van der Waals surface area contributed by atoms with Crippen LogP contribution in [0.1, 0.15) is 5.56 Å². The second-order valence-electron chi connectivity index (χ2n) is 5.63. The number of hydrogen-bond donors (Lipinski definition) is 0. The number of hydrogen-bond acceptors (Lipinski definition) is 1. The van der Waals surface area contributed by atoms with Crippen LogP contribution in [-0.2, 0) is 0 Å². The monoisotopic (exact) mass is 375 g/mol. The molecule has 0 saturated heterocycles. The second kappa shape index (κ2) is 7.61. The molecule has 0 unspecified atom stereocenters. The second-order valence-corrected chi connectivity index (χ2v) is 5.63. The molecule has 0 aromatic heterocycles. The van der Waals surface area contributed by atoms with Crippen LogP contribution in [0.2, 0.25) is 0 Å². The highest BCUT2D eigenvalue weighted by atomic mass is 19.3. The van der Waals surface area contributed by atoms with E-state index in [0.717, 1.165) is 23.3 Å². The molecule has 0 fully saturated rings. The van der Waals surface area contributed by atoms with E-state index in [1.807, 2.05) is 0 Å². The van der Waals surface area contributed by atoms with Crippen molar-refractivity contribution in [1.82, 2.24) is 0 Å². The Morgan fingerprint density at radius 1 is 0.741 bits per heavy atom. The predicted molar refractivity (Wildman–Crippen MR) is 92.6 cm³/mol. The minimum Gasteiger partial charge on any atom is -0.429 e. The lowest BCUT2D eigenvalue weighted by molar-refractivity contribution is -0.0546. The largest absolute Gasteiger partial charge is 0.429 e. The standard InChI is InChI=1S/C21H12F5O/c1-2-12-3-5-13(6-4-12)14-7-8-16(17(22)9-14)15-10-18(23)20(19(24)11-15)27-21(25)26/h1-11,21H. The molecule has 0 spiro atoms. The summed E-state index contributed by atoms with van der Waals surface area (Å²) in [6.45, 7) is 2.04. The summed E-state index contributed by atoms with van der Waals surface area (Å²) in [5, 5.41) is 0. The van der Waals surface area contributed by atoms with Crippen molar-refractivity contribution in [1.29, 1.82) is 0 Å². The third-order valence-electron chi connectivity index (χ3n) is 3.92. The molecule has 1 radical (unpaired) electrons. The average molecular weight is 375 g/mol. The molecule has 0 aliphatic heterocycles. The Bertz CT molecular complexity index is 957. The number of halogens is 5. The quantitative estimate of drug-likeness (QED) is 0.464. The molecular formula is C21H12F5O. The molecule has 0 aliphatic rings. The van der Waals surface area contributed by atoms with Gasteiger partial charge in [-0.25, -0.2) is 13.2 Å². The third kappa shape index (κ3) is 4.00. The van der Waals surface area contributed by atoms with E-state index in [2.05, 4.69) is 4.74 Å². The minimum absolute atomic E-state index is 0.0768. The number of rotatable bonds is 5. The highest BCUT2D eigenvalue weighted by Gasteiger charge is 2.18. The van der Waals surface area contributed by atoms with Gasteiger partial charge < -0.3 is 4.74 Å². The smallest absolute Gasteiger partial charge is 0.387 e. The van der Waals surface area contributed by atoms with Gasteiger partial charge in [-0.1, -0.05) is 49.1 Å². The molecule has 3 aromatic rings. The number of alkyl halides is 2. The van der Waals surface area contributed by atoms with Crippen LogP contribution in [0.4, 0.5) is 22.0 Å². The first-order valence-corrected chi connectivity index (χ1v) is 7.78. The van der Waals surface area contributed by atoms with E-state index >= 15 is 0 Å². The fraction of sp³-hybridized carbons (Fsp3) is 0.0476. The summed E-state index contributed by atoms with van der Waals surface area (Å²) in [4.78, 5) is 0. The van der Waals surface area contributed by atoms with Gasteiger partial charge in [0.05, 0.1) is 0 Å². The third-order valence-corrected chi connectivity index (χ3v) is 3.92. The van der Waals surface area contributed by atoms with E-state index in [9.17, 15) is 22.0 Å². The van der Waals surface area contributed by atoms with Crippen molar-refractivity contribution in [2.24, 2.45) is 0 Å². The van der Waals surface area contributed by atoms with Crippen molar-refractivity contribution in [3.63, 3.8) is 0 Å². The van der Waals surface area contributed by atoms with Crippen molar-refractivity contribution in [3.05, 3.63) is 84.2 Å². The Balaban J connectivity index is 1.97. The first-order chi connectivity index (χ1) is 12.9. The van der Waals surface area contributed by atoms with Crippen molar-refractivity contribution in [3.8, 4) is 28.0 Å². The molecule has 6 heteroatoms. The van der Waals surface area contributed by atoms with Gasteiger partial charge in [-0.3, -0.25) is 0 Å². The predicted octanol–water partition coefficient (Wildman–Crippen LogP) is 6.49. The van der Waals surface area contributed by atoms with Crippen molar-refractivity contribution in [2.75, 3.05) is 0 Å². The Labute approximate surface area is 152 Å². The molecule has 0 aliphatic carbocycles. The van der Waals surface area contributed by atoms with E-state index in [1.165, 1.54) is 18.2 Å². The Morgan fingerprint density at radius 3 is 1.81 bits per heavy atom. The van der Waals surface area contributed by atoms with Gasteiger partial charge in [-0.05, 0) is 40.5 Å². The van der Waals surface area contributed by atoms with Crippen LogP contribution < -0.4 is 4.74 Å². The van der Waals surface area contributed by atoms with Gasteiger partial charge in [-0.15, -0.1) is 0 Å². The van der Waals surface area contributed by atoms with Crippen LogP contribution in [-0.4, -0.2) is 6.61 Å². The molecule has 137 valence electrons. The summed E-state index contributed by atoms with van der Waals surface area (Å²) < 4.78 is 70.5. The van der Waals surface area contributed by atoms with E-state index < -0.39 is 29.8 Å². The zero-order valence-electron chi connectivity index (χ0n) is 13.7. The summed E-state index contributed by atoms with van der Waals surface area (Å²) >= 11 is 0. The van der Waals surface area contributed by atoms with Crippen LogP contribution in [0.15, 0.2) is 54.6 Å². The molecule has 0 atom stereocenters. The van der Waals surface area contributed by atoms with Gasteiger partial charge in [-0.2, -0.15) is 8.78 Å². The van der Waals surface area contributed by atoms with Crippen LogP contribution in [0.3, 0.4) is 0 Å². The number of ether oxygens (including phenoxy) is 1. The van der Waals surface area contributed by atoms with Crippen molar-refractivity contribution >= 4 is 6.08 Å². The maximum Gasteiger partial charge on any atom is 0.387 e. The summed E-state index contributed by atoms with van der Waals surface area (Å²) in [6, 6.07) is 12.7. The van der Waals surface area contributed by atoms with Gasteiger partial charge in [0, 0.05) is 5.56 Å². The van der Waals surface area contributed by atoms with E-state index in [1.54, 1.807) is 30.3 Å². The zero-order valence-corrected chi connectivity index (χ0v) is 13.7. The molecule has 3 rings (SSSR count). The molecule has 27 heavy (non-hydrogen) atoms. The summed E-state index contributed by atoms with van der Waals surface area (Å²) in [5.41, 5.74) is 1.87. The fourth-order valence-electron chi connectivity index (χ4n) is 2.63. The van der Waals surface area contributed by atoms with Gasteiger partial charge in [0.2, 0.25) is 0 Å². The fourth-order valence-corrected chi connectivity index (χ4v) is 2.63. The topological polar surface area (TPSA) is 9.23 Å². The summed E-state index contributed by atoms with van der Waals surface area (Å²) in [7, 11) is 0. The Kier molecular flexibility index (Phi) is 5.26. The SMILES string of the molecule is [CH]=Cc1ccc(-c2ccc(-c3cc(F)c(OC(F)F)c(F)c3)c(F)c2)cc1.